The minimum Gasteiger partial charge on any atom is -0.308 e. The van der Waals surface area contributed by atoms with Gasteiger partial charge in [-0.05, 0) is 61.2 Å². The standard InChI is InChI=1S/C14H17BrFN3/c1-10-13(15)14(11-4-6-12(16)7-5-11)19(17-10)9-8-18(2)3/h4-7H,8-9H2,1-3H3. The van der Waals surface area contributed by atoms with Crippen molar-refractivity contribution in [2.24, 2.45) is 0 Å². The van der Waals surface area contributed by atoms with Gasteiger partial charge in [0.1, 0.15) is 5.82 Å². The molecule has 102 valence electrons. The second-order valence-electron chi connectivity index (χ2n) is 4.78. The van der Waals surface area contributed by atoms with E-state index in [2.05, 4.69) is 25.9 Å². The molecule has 0 saturated carbocycles. The van der Waals surface area contributed by atoms with Gasteiger partial charge < -0.3 is 4.90 Å². The summed E-state index contributed by atoms with van der Waals surface area (Å²) in [5, 5.41) is 4.53. The van der Waals surface area contributed by atoms with Crippen LogP contribution in [-0.2, 0) is 6.54 Å². The first-order valence-electron chi connectivity index (χ1n) is 6.12. The molecule has 0 aliphatic rings. The predicted molar refractivity (Wildman–Crippen MR) is 78.6 cm³/mol. The third-order valence-corrected chi connectivity index (χ3v) is 3.88. The molecule has 0 bridgehead atoms. The second kappa shape index (κ2) is 5.84. The number of nitrogens with zero attached hydrogens (tertiary/aromatic N) is 3. The van der Waals surface area contributed by atoms with Crippen LogP contribution in [0.25, 0.3) is 11.3 Å². The molecule has 0 radical (unpaired) electrons. The Morgan fingerprint density at radius 2 is 1.89 bits per heavy atom. The molecule has 2 aromatic rings. The van der Waals surface area contributed by atoms with E-state index in [4.69, 9.17) is 0 Å². The van der Waals surface area contributed by atoms with Crippen LogP contribution in [0, 0.1) is 12.7 Å². The van der Waals surface area contributed by atoms with Crippen LogP contribution in [0.1, 0.15) is 5.69 Å². The molecule has 0 atom stereocenters. The number of aryl methyl sites for hydroxylation is 1. The number of aromatic nitrogens is 2. The van der Waals surface area contributed by atoms with Crippen molar-refractivity contribution in [3.8, 4) is 11.3 Å². The number of hydrogen-bond donors (Lipinski definition) is 0. The molecule has 0 spiro atoms. The number of likely N-dealkylation sites (N-methyl/N-ethyl adjacent to an activating group) is 1. The smallest absolute Gasteiger partial charge is 0.123 e. The maximum Gasteiger partial charge on any atom is 0.123 e. The molecule has 0 saturated heterocycles. The van der Waals surface area contributed by atoms with Crippen LogP contribution >= 0.6 is 15.9 Å². The fourth-order valence-corrected chi connectivity index (χ4v) is 2.41. The van der Waals surface area contributed by atoms with Gasteiger partial charge in [0.25, 0.3) is 0 Å². The highest BCUT2D eigenvalue weighted by atomic mass is 79.9. The first kappa shape index (κ1) is 14.2. The Bertz CT molecular complexity index is 561. The summed E-state index contributed by atoms with van der Waals surface area (Å²) in [7, 11) is 4.06. The minimum absolute atomic E-state index is 0.226. The quantitative estimate of drug-likeness (QED) is 0.859. The number of hydrogen-bond acceptors (Lipinski definition) is 2. The van der Waals surface area contributed by atoms with Crippen molar-refractivity contribution in [1.29, 1.82) is 0 Å². The van der Waals surface area contributed by atoms with Crippen molar-refractivity contribution in [3.05, 3.63) is 40.2 Å². The van der Waals surface area contributed by atoms with Gasteiger partial charge in [0.05, 0.1) is 22.4 Å². The van der Waals surface area contributed by atoms with Crippen LogP contribution in [0.3, 0.4) is 0 Å². The van der Waals surface area contributed by atoms with Crippen LogP contribution in [0.15, 0.2) is 28.7 Å². The lowest BCUT2D eigenvalue weighted by atomic mass is 10.1. The molecule has 0 fully saturated rings. The number of benzene rings is 1. The maximum absolute atomic E-state index is 13.0. The van der Waals surface area contributed by atoms with Gasteiger partial charge in [0.15, 0.2) is 0 Å². The third kappa shape index (κ3) is 3.22. The Kier molecular flexibility index (Phi) is 4.37. The van der Waals surface area contributed by atoms with Crippen molar-refractivity contribution in [2.75, 3.05) is 20.6 Å². The Hall–Kier alpha value is -1.20. The highest BCUT2D eigenvalue weighted by molar-refractivity contribution is 9.10. The first-order chi connectivity index (χ1) is 8.99. The summed E-state index contributed by atoms with van der Waals surface area (Å²) in [4.78, 5) is 2.11. The predicted octanol–water partition coefficient (Wildman–Crippen LogP) is 3.32. The van der Waals surface area contributed by atoms with Gasteiger partial charge in [-0.2, -0.15) is 5.10 Å². The third-order valence-electron chi connectivity index (χ3n) is 2.93. The van der Waals surface area contributed by atoms with Crippen LogP contribution in [0.2, 0.25) is 0 Å². The molecule has 5 heteroatoms. The molecule has 0 aliphatic carbocycles. The zero-order valence-electron chi connectivity index (χ0n) is 11.3. The van der Waals surface area contributed by atoms with Crippen LogP contribution in [0.5, 0.6) is 0 Å². The van der Waals surface area contributed by atoms with Crippen molar-refractivity contribution in [2.45, 2.75) is 13.5 Å². The Labute approximate surface area is 121 Å². The lowest BCUT2D eigenvalue weighted by Crippen LogP contribution is -2.19. The normalized spacial score (nSPS) is 11.3. The Morgan fingerprint density at radius 1 is 1.26 bits per heavy atom. The topological polar surface area (TPSA) is 21.1 Å². The summed E-state index contributed by atoms with van der Waals surface area (Å²) in [5.74, 6) is -0.226. The second-order valence-corrected chi connectivity index (χ2v) is 5.57. The van der Waals surface area contributed by atoms with Gasteiger partial charge in [-0.15, -0.1) is 0 Å². The molecule has 0 N–H and O–H groups in total. The van der Waals surface area contributed by atoms with Crippen LogP contribution in [-0.4, -0.2) is 35.3 Å². The van der Waals surface area contributed by atoms with Gasteiger partial charge in [-0.25, -0.2) is 4.39 Å². The van der Waals surface area contributed by atoms with E-state index < -0.39 is 0 Å². The molecular weight excluding hydrogens is 309 g/mol. The van der Waals surface area contributed by atoms with Gasteiger partial charge in [0, 0.05) is 12.1 Å². The summed E-state index contributed by atoms with van der Waals surface area (Å²) >= 11 is 3.57. The van der Waals surface area contributed by atoms with E-state index in [9.17, 15) is 4.39 Å². The monoisotopic (exact) mass is 325 g/mol. The van der Waals surface area contributed by atoms with E-state index in [-0.39, 0.29) is 5.82 Å². The van der Waals surface area contributed by atoms with E-state index in [1.165, 1.54) is 12.1 Å². The molecule has 3 nitrogen and oxygen atoms in total. The van der Waals surface area contributed by atoms with E-state index >= 15 is 0 Å². The van der Waals surface area contributed by atoms with Crippen molar-refractivity contribution < 1.29 is 4.39 Å². The summed E-state index contributed by atoms with van der Waals surface area (Å²) in [6.45, 7) is 3.66. The number of halogens is 2. The molecule has 0 unspecified atom stereocenters. The molecule has 1 aromatic heterocycles. The average molecular weight is 326 g/mol. The molecule has 0 amide bonds. The van der Waals surface area contributed by atoms with Gasteiger partial charge >= 0.3 is 0 Å². The Balaban J connectivity index is 2.40. The fourth-order valence-electron chi connectivity index (χ4n) is 1.90. The van der Waals surface area contributed by atoms with Crippen LogP contribution < -0.4 is 0 Å². The maximum atomic E-state index is 13.0. The van der Waals surface area contributed by atoms with Crippen molar-refractivity contribution in [3.63, 3.8) is 0 Å². The van der Waals surface area contributed by atoms with Crippen molar-refractivity contribution >= 4 is 15.9 Å². The number of rotatable bonds is 4. The van der Waals surface area contributed by atoms with E-state index in [1.54, 1.807) is 12.1 Å². The van der Waals surface area contributed by atoms with Gasteiger partial charge in [0.2, 0.25) is 0 Å². The minimum atomic E-state index is -0.226. The zero-order valence-corrected chi connectivity index (χ0v) is 12.9. The lowest BCUT2D eigenvalue weighted by molar-refractivity contribution is 0.374. The summed E-state index contributed by atoms with van der Waals surface area (Å²) in [6.07, 6.45) is 0. The van der Waals surface area contributed by atoms with E-state index in [0.717, 1.165) is 34.5 Å². The Morgan fingerprint density at radius 3 is 2.47 bits per heavy atom. The molecule has 19 heavy (non-hydrogen) atoms. The van der Waals surface area contributed by atoms with Crippen LogP contribution in [0.4, 0.5) is 4.39 Å². The van der Waals surface area contributed by atoms with Gasteiger partial charge in [-0.1, -0.05) is 0 Å². The van der Waals surface area contributed by atoms with E-state index in [0.29, 0.717) is 0 Å². The van der Waals surface area contributed by atoms with E-state index in [1.807, 2.05) is 25.7 Å². The molecular formula is C14H17BrFN3. The molecule has 1 aromatic carbocycles. The zero-order chi connectivity index (χ0) is 14.0. The largest absolute Gasteiger partial charge is 0.308 e. The first-order valence-corrected chi connectivity index (χ1v) is 6.92. The average Bonchev–Trinajstić information content (AvgIpc) is 2.64. The summed E-state index contributed by atoms with van der Waals surface area (Å²) in [5.41, 5.74) is 2.91. The van der Waals surface area contributed by atoms with Crippen molar-refractivity contribution in [1.82, 2.24) is 14.7 Å². The fraction of sp³-hybridized carbons (Fsp3) is 0.357. The molecule has 0 aliphatic heterocycles. The lowest BCUT2D eigenvalue weighted by Gasteiger charge is -2.12. The van der Waals surface area contributed by atoms with Gasteiger partial charge in [-0.3, -0.25) is 4.68 Å². The highest BCUT2D eigenvalue weighted by Crippen LogP contribution is 2.31. The summed E-state index contributed by atoms with van der Waals surface area (Å²) in [6, 6.07) is 6.51. The molecule has 2 rings (SSSR count). The SMILES string of the molecule is Cc1nn(CCN(C)C)c(-c2ccc(F)cc2)c1Br. The summed E-state index contributed by atoms with van der Waals surface area (Å²) < 4.78 is 16.0. The molecule has 1 heterocycles. The highest BCUT2D eigenvalue weighted by Gasteiger charge is 2.14.